The highest BCUT2D eigenvalue weighted by Crippen LogP contribution is 2.17. The van der Waals surface area contributed by atoms with Gasteiger partial charge in [-0.05, 0) is 54.4 Å². The number of halogens is 1. The Morgan fingerprint density at radius 3 is 2.56 bits per heavy atom. The van der Waals surface area contributed by atoms with Crippen molar-refractivity contribution < 1.29 is 9.18 Å². The second-order valence-electron chi connectivity index (χ2n) is 5.67. The van der Waals surface area contributed by atoms with Crippen molar-refractivity contribution >= 4 is 17.3 Å². The van der Waals surface area contributed by atoms with Crippen LogP contribution in [0.1, 0.15) is 21.6 Å². The molecule has 2 N–H and O–H groups in total. The molecule has 0 aliphatic rings. The first-order valence-corrected chi connectivity index (χ1v) is 7.93. The highest BCUT2D eigenvalue weighted by molar-refractivity contribution is 5.93. The van der Waals surface area contributed by atoms with Gasteiger partial charge in [-0.15, -0.1) is 0 Å². The van der Waals surface area contributed by atoms with Gasteiger partial charge in [0, 0.05) is 24.1 Å². The molecule has 0 saturated heterocycles. The maximum Gasteiger partial charge on any atom is 0.270 e. The van der Waals surface area contributed by atoms with E-state index < -0.39 is 0 Å². The SMILES string of the molecule is Cc1ccccc1CNC(=O)c1cc(Nc2ccc(F)cc2)ccn1. The summed E-state index contributed by atoms with van der Waals surface area (Å²) in [6.45, 7) is 2.45. The molecule has 0 spiro atoms. The Bertz CT molecular complexity index is 878. The summed E-state index contributed by atoms with van der Waals surface area (Å²) in [6.07, 6.45) is 1.56. The molecule has 0 aliphatic heterocycles. The highest BCUT2D eigenvalue weighted by Gasteiger charge is 2.08. The van der Waals surface area contributed by atoms with Crippen LogP contribution in [0.25, 0.3) is 0 Å². The Balaban J connectivity index is 1.67. The summed E-state index contributed by atoms with van der Waals surface area (Å²) in [5, 5.41) is 6.00. The number of rotatable bonds is 5. The molecule has 3 rings (SSSR count). The van der Waals surface area contributed by atoms with E-state index >= 15 is 0 Å². The average molecular weight is 335 g/mol. The van der Waals surface area contributed by atoms with Crippen LogP contribution >= 0.6 is 0 Å². The van der Waals surface area contributed by atoms with E-state index in [1.165, 1.54) is 12.1 Å². The number of aromatic nitrogens is 1. The molecule has 5 heteroatoms. The molecule has 0 unspecified atom stereocenters. The van der Waals surface area contributed by atoms with Crippen LogP contribution in [-0.4, -0.2) is 10.9 Å². The van der Waals surface area contributed by atoms with E-state index in [2.05, 4.69) is 15.6 Å². The largest absolute Gasteiger partial charge is 0.355 e. The molecule has 126 valence electrons. The fourth-order valence-electron chi connectivity index (χ4n) is 2.41. The van der Waals surface area contributed by atoms with E-state index in [-0.39, 0.29) is 11.7 Å². The van der Waals surface area contributed by atoms with Crippen molar-refractivity contribution in [3.05, 3.63) is 89.5 Å². The minimum Gasteiger partial charge on any atom is -0.355 e. The summed E-state index contributed by atoms with van der Waals surface area (Å²) in [4.78, 5) is 16.4. The van der Waals surface area contributed by atoms with Crippen molar-refractivity contribution in [3.63, 3.8) is 0 Å². The number of amides is 1. The van der Waals surface area contributed by atoms with Gasteiger partial charge in [0.1, 0.15) is 11.5 Å². The molecule has 25 heavy (non-hydrogen) atoms. The summed E-state index contributed by atoms with van der Waals surface area (Å²) >= 11 is 0. The molecule has 1 amide bonds. The van der Waals surface area contributed by atoms with E-state index in [9.17, 15) is 9.18 Å². The van der Waals surface area contributed by atoms with Crippen LogP contribution in [0.5, 0.6) is 0 Å². The highest BCUT2D eigenvalue weighted by atomic mass is 19.1. The van der Waals surface area contributed by atoms with Crippen LogP contribution in [-0.2, 0) is 6.54 Å². The maximum atomic E-state index is 13.0. The number of carbonyl (C=O) groups excluding carboxylic acids is 1. The summed E-state index contributed by atoms with van der Waals surface area (Å²) in [5.41, 5.74) is 3.96. The zero-order valence-corrected chi connectivity index (χ0v) is 13.8. The molecular weight excluding hydrogens is 317 g/mol. The van der Waals surface area contributed by atoms with Crippen LogP contribution in [0.2, 0.25) is 0 Å². The molecule has 3 aromatic rings. The van der Waals surface area contributed by atoms with Gasteiger partial charge in [0.05, 0.1) is 0 Å². The summed E-state index contributed by atoms with van der Waals surface area (Å²) < 4.78 is 13.0. The number of carbonyl (C=O) groups is 1. The quantitative estimate of drug-likeness (QED) is 0.735. The second-order valence-corrected chi connectivity index (χ2v) is 5.67. The Morgan fingerprint density at radius 2 is 1.80 bits per heavy atom. The first-order chi connectivity index (χ1) is 12.1. The summed E-state index contributed by atoms with van der Waals surface area (Å²) in [7, 11) is 0. The van der Waals surface area contributed by atoms with Gasteiger partial charge in [0.25, 0.3) is 5.91 Å². The Morgan fingerprint density at radius 1 is 1.04 bits per heavy atom. The smallest absolute Gasteiger partial charge is 0.270 e. The van der Waals surface area contributed by atoms with Crippen LogP contribution in [0.15, 0.2) is 66.9 Å². The number of hydrogen-bond acceptors (Lipinski definition) is 3. The topological polar surface area (TPSA) is 54.0 Å². The zero-order chi connectivity index (χ0) is 17.6. The molecule has 2 aromatic carbocycles. The first-order valence-electron chi connectivity index (χ1n) is 7.93. The summed E-state index contributed by atoms with van der Waals surface area (Å²) in [6, 6.07) is 17.3. The number of nitrogens with zero attached hydrogens (tertiary/aromatic N) is 1. The van der Waals surface area contributed by atoms with Gasteiger partial charge >= 0.3 is 0 Å². The fraction of sp³-hybridized carbons (Fsp3) is 0.100. The van der Waals surface area contributed by atoms with Gasteiger partial charge in [0.15, 0.2) is 0 Å². The van der Waals surface area contributed by atoms with E-state index in [0.717, 1.165) is 16.8 Å². The van der Waals surface area contributed by atoms with Gasteiger partial charge in [-0.3, -0.25) is 9.78 Å². The fourth-order valence-corrected chi connectivity index (χ4v) is 2.41. The minimum atomic E-state index is -0.295. The normalized spacial score (nSPS) is 10.3. The van der Waals surface area contributed by atoms with E-state index in [0.29, 0.717) is 17.9 Å². The van der Waals surface area contributed by atoms with Crippen LogP contribution in [0.4, 0.5) is 15.8 Å². The Kier molecular flexibility index (Phi) is 5.04. The van der Waals surface area contributed by atoms with E-state index in [1.807, 2.05) is 31.2 Å². The molecule has 0 aliphatic carbocycles. The average Bonchev–Trinajstić information content (AvgIpc) is 2.63. The third kappa shape index (κ3) is 4.41. The molecule has 1 heterocycles. The summed E-state index contributed by atoms with van der Waals surface area (Å²) in [5.74, 6) is -0.539. The lowest BCUT2D eigenvalue weighted by molar-refractivity contribution is 0.0946. The molecule has 1 aromatic heterocycles. The van der Waals surface area contributed by atoms with Gasteiger partial charge < -0.3 is 10.6 Å². The minimum absolute atomic E-state index is 0.244. The lowest BCUT2D eigenvalue weighted by Crippen LogP contribution is -2.24. The standard InChI is InChI=1S/C20H18FN3O/c1-14-4-2-3-5-15(14)13-23-20(25)19-12-18(10-11-22-19)24-17-8-6-16(21)7-9-17/h2-12H,13H2,1H3,(H,22,24)(H,23,25). The Hall–Kier alpha value is -3.21. The van der Waals surface area contributed by atoms with Gasteiger partial charge in [-0.1, -0.05) is 24.3 Å². The van der Waals surface area contributed by atoms with Gasteiger partial charge in [0.2, 0.25) is 0 Å². The zero-order valence-electron chi connectivity index (χ0n) is 13.8. The monoisotopic (exact) mass is 335 g/mol. The third-order valence-corrected chi connectivity index (χ3v) is 3.83. The predicted octanol–water partition coefficient (Wildman–Crippen LogP) is 4.20. The van der Waals surface area contributed by atoms with Crippen molar-refractivity contribution in [1.82, 2.24) is 10.3 Å². The van der Waals surface area contributed by atoms with E-state index in [4.69, 9.17) is 0 Å². The lowest BCUT2D eigenvalue weighted by Gasteiger charge is -2.09. The number of benzene rings is 2. The lowest BCUT2D eigenvalue weighted by atomic mass is 10.1. The first kappa shape index (κ1) is 16.6. The molecule has 0 bridgehead atoms. The van der Waals surface area contributed by atoms with Crippen LogP contribution in [0, 0.1) is 12.7 Å². The third-order valence-electron chi connectivity index (χ3n) is 3.83. The predicted molar refractivity (Wildman–Crippen MR) is 96.3 cm³/mol. The molecule has 0 atom stereocenters. The van der Waals surface area contributed by atoms with E-state index in [1.54, 1.807) is 30.5 Å². The van der Waals surface area contributed by atoms with Crippen molar-refractivity contribution in [3.8, 4) is 0 Å². The number of anilines is 2. The van der Waals surface area contributed by atoms with Crippen molar-refractivity contribution in [1.29, 1.82) is 0 Å². The molecule has 0 saturated carbocycles. The molecule has 0 radical (unpaired) electrons. The molecule has 4 nitrogen and oxygen atoms in total. The van der Waals surface area contributed by atoms with Crippen LogP contribution in [0.3, 0.4) is 0 Å². The number of nitrogens with one attached hydrogen (secondary N) is 2. The van der Waals surface area contributed by atoms with Crippen molar-refractivity contribution in [2.24, 2.45) is 0 Å². The number of hydrogen-bond donors (Lipinski definition) is 2. The number of aryl methyl sites for hydroxylation is 1. The Labute approximate surface area is 145 Å². The van der Waals surface area contributed by atoms with Gasteiger partial charge in [-0.2, -0.15) is 0 Å². The molecule has 0 fully saturated rings. The number of pyridine rings is 1. The van der Waals surface area contributed by atoms with Gasteiger partial charge in [-0.25, -0.2) is 4.39 Å². The van der Waals surface area contributed by atoms with Crippen LogP contribution < -0.4 is 10.6 Å². The second kappa shape index (κ2) is 7.57. The maximum absolute atomic E-state index is 13.0. The molecular formula is C20H18FN3O. The van der Waals surface area contributed by atoms with Crippen molar-refractivity contribution in [2.45, 2.75) is 13.5 Å². The van der Waals surface area contributed by atoms with Crippen molar-refractivity contribution in [2.75, 3.05) is 5.32 Å².